The quantitative estimate of drug-likeness (QED) is 0.597. The number of nitrogens with one attached hydrogen (secondary N) is 3. The second-order valence-electron chi connectivity index (χ2n) is 7.60. The van der Waals surface area contributed by atoms with Gasteiger partial charge >= 0.3 is 0 Å². The van der Waals surface area contributed by atoms with Gasteiger partial charge in [-0.1, -0.05) is 12.1 Å². The van der Waals surface area contributed by atoms with E-state index in [0.29, 0.717) is 27.8 Å². The maximum Gasteiger partial charge on any atom is 0.261 e. The molecule has 2 aromatic carbocycles. The van der Waals surface area contributed by atoms with Gasteiger partial charge in [-0.3, -0.25) is 23.7 Å². The number of aromatic nitrogens is 2. The van der Waals surface area contributed by atoms with Crippen molar-refractivity contribution in [3.05, 3.63) is 64.7 Å². The molecule has 0 saturated heterocycles. The van der Waals surface area contributed by atoms with Crippen LogP contribution in [0.2, 0.25) is 0 Å². The molecule has 0 radical (unpaired) electrons. The fourth-order valence-corrected chi connectivity index (χ4v) is 3.43. The number of anilines is 2. The van der Waals surface area contributed by atoms with Crippen molar-refractivity contribution in [2.24, 2.45) is 0 Å². The fraction of sp³-hybridized carbons (Fsp3) is 0.227. The lowest BCUT2D eigenvalue weighted by Crippen LogP contribution is -2.43. The summed E-state index contributed by atoms with van der Waals surface area (Å²) in [5, 5.41) is 8.32. The van der Waals surface area contributed by atoms with E-state index in [9.17, 15) is 19.2 Å². The molecule has 158 valence electrons. The first kappa shape index (κ1) is 20.3. The van der Waals surface area contributed by atoms with Gasteiger partial charge in [0, 0.05) is 11.7 Å². The molecular formula is C22H21N5O4. The molecule has 0 saturated carbocycles. The van der Waals surface area contributed by atoms with Crippen molar-refractivity contribution >= 4 is 40.0 Å². The summed E-state index contributed by atoms with van der Waals surface area (Å²) in [6.07, 6.45) is 1.24. The smallest absolute Gasteiger partial charge is 0.261 e. The maximum atomic E-state index is 12.7. The number of fused-ring (bicyclic) bond motifs is 2. The summed E-state index contributed by atoms with van der Waals surface area (Å²) in [6, 6.07) is 10.4. The zero-order valence-corrected chi connectivity index (χ0v) is 17.0. The number of carbonyl (C=O) groups excluding carboxylic acids is 3. The lowest BCUT2D eigenvalue weighted by molar-refractivity contribution is -0.122. The summed E-state index contributed by atoms with van der Waals surface area (Å²) in [5.74, 6) is -1.38. The van der Waals surface area contributed by atoms with Crippen LogP contribution in [0.1, 0.15) is 36.7 Å². The molecule has 0 aliphatic carbocycles. The van der Waals surface area contributed by atoms with Gasteiger partial charge in [0.25, 0.3) is 11.5 Å². The number of carbonyl (C=O) groups is 3. The van der Waals surface area contributed by atoms with Gasteiger partial charge in [0.05, 0.1) is 34.9 Å². The number of nitrogens with zero attached hydrogens (tertiary/aromatic N) is 2. The van der Waals surface area contributed by atoms with E-state index >= 15 is 0 Å². The Morgan fingerprint density at radius 3 is 2.71 bits per heavy atom. The number of hydrogen-bond acceptors (Lipinski definition) is 5. The highest BCUT2D eigenvalue weighted by molar-refractivity contribution is 6.11. The number of rotatable bonds is 4. The molecule has 1 aliphatic heterocycles. The van der Waals surface area contributed by atoms with Crippen LogP contribution in [0.25, 0.3) is 10.9 Å². The Bertz CT molecular complexity index is 1260. The van der Waals surface area contributed by atoms with Crippen LogP contribution in [-0.2, 0) is 9.59 Å². The van der Waals surface area contributed by atoms with Gasteiger partial charge in [-0.15, -0.1) is 0 Å². The molecule has 3 N–H and O–H groups in total. The minimum atomic E-state index is -1.03. The summed E-state index contributed by atoms with van der Waals surface area (Å²) in [7, 11) is 0. The second-order valence-corrected chi connectivity index (χ2v) is 7.60. The van der Waals surface area contributed by atoms with Gasteiger partial charge in [0.2, 0.25) is 11.8 Å². The molecular weight excluding hydrogens is 398 g/mol. The summed E-state index contributed by atoms with van der Waals surface area (Å²) in [6.45, 7) is 3.76. The van der Waals surface area contributed by atoms with Crippen molar-refractivity contribution in [3.8, 4) is 0 Å². The lowest BCUT2D eigenvalue weighted by Gasteiger charge is -2.15. The van der Waals surface area contributed by atoms with Gasteiger partial charge in [0.15, 0.2) is 0 Å². The number of benzene rings is 2. The molecule has 3 aromatic rings. The molecule has 1 atom stereocenters. The Morgan fingerprint density at radius 2 is 1.94 bits per heavy atom. The summed E-state index contributed by atoms with van der Waals surface area (Å²) in [4.78, 5) is 54.4. The molecule has 3 amide bonds. The molecule has 4 rings (SSSR count). The SMILES string of the molecule is CC(C)n1cnc2ccc(NC(=O)CC3NC(=O)c4ccccc4NC3=O)cc2c1=O. The van der Waals surface area contributed by atoms with Crippen molar-refractivity contribution in [3.63, 3.8) is 0 Å². The van der Waals surface area contributed by atoms with E-state index in [1.165, 1.54) is 10.9 Å². The zero-order chi connectivity index (χ0) is 22.1. The number of hydrogen-bond donors (Lipinski definition) is 3. The van der Waals surface area contributed by atoms with Crippen molar-refractivity contribution in [2.75, 3.05) is 10.6 Å². The molecule has 9 nitrogen and oxygen atoms in total. The highest BCUT2D eigenvalue weighted by Gasteiger charge is 2.29. The normalized spacial score (nSPS) is 15.8. The van der Waals surface area contributed by atoms with Crippen LogP contribution in [0.5, 0.6) is 0 Å². The first-order valence-electron chi connectivity index (χ1n) is 9.85. The average Bonchev–Trinajstić information content (AvgIpc) is 2.84. The highest BCUT2D eigenvalue weighted by atomic mass is 16.2. The van der Waals surface area contributed by atoms with Crippen LogP contribution < -0.4 is 21.5 Å². The van der Waals surface area contributed by atoms with E-state index in [-0.39, 0.29) is 18.0 Å². The monoisotopic (exact) mass is 419 g/mol. The minimum absolute atomic E-state index is 0.0517. The largest absolute Gasteiger partial charge is 0.340 e. The van der Waals surface area contributed by atoms with Crippen LogP contribution in [0.3, 0.4) is 0 Å². The Morgan fingerprint density at radius 1 is 1.16 bits per heavy atom. The fourth-order valence-electron chi connectivity index (χ4n) is 3.43. The van der Waals surface area contributed by atoms with E-state index in [4.69, 9.17) is 0 Å². The van der Waals surface area contributed by atoms with Gasteiger partial charge in [-0.25, -0.2) is 4.98 Å². The number of para-hydroxylation sites is 1. The molecule has 1 aromatic heterocycles. The summed E-state index contributed by atoms with van der Waals surface area (Å²) in [5.41, 5.74) is 1.46. The minimum Gasteiger partial charge on any atom is -0.340 e. The molecule has 31 heavy (non-hydrogen) atoms. The molecule has 0 bridgehead atoms. The van der Waals surface area contributed by atoms with E-state index < -0.39 is 23.8 Å². The molecule has 1 aliphatic rings. The molecule has 1 unspecified atom stereocenters. The molecule has 9 heteroatoms. The van der Waals surface area contributed by atoms with Crippen LogP contribution >= 0.6 is 0 Å². The van der Waals surface area contributed by atoms with E-state index in [1.54, 1.807) is 42.5 Å². The van der Waals surface area contributed by atoms with Crippen molar-refractivity contribution < 1.29 is 14.4 Å². The topological polar surface area (TPSA) is 122 Å². The van der Waals surface area contributed by atoms with Crippen LogP contribution in [0.4, 0.5) is 11.4 Å². The molecule has 2 heterocycles. The van der Waals surface area contributed by atoms with E-state index in [1.807, 2.05) is 13.8 Å². The van der Waals surface area contributed by atoms with Crippen molar-refractivity contribution in [2.45, 2.75) is 32.4 Å². The molecule has 0 fully saturated rings. The third-order valence-electron chi connectivity index (χ3n) is 5.06. The third kappa shape index (κ3) is 4.02. The van der Waals surface area contributed by atoms with Gasteiger partial charge in [0.1, 0.15) is 6.04 Å². The van der Waals surface area contributed by atoms with E-state index in [2.05, 4.69) is 20.9 Å². The summed E-state index contributed by atoms with van der Waals surface area (Å²) < 4.78 is 1.51. The van der Waals surface area contributed by atoms with Crippen LogP contribution in [0, 0.1) is 0 Å². The van der Waals surface area contributed by atoms with Gasteiger partial charge in [-0.2, -0.15) is 0 Å². The Kier molecular flexibility index (Phi) is 5.24. The third-order valence-corrected chi connectivity index (χ3v) is 5.06. The van der Waals surface area contributed by atoms with Crippen molar-refractivity contribution in [1.29, 1.82) is 0 Å². The standard InChI is InChI=1S/C22H21N5O4/c1-12(2)27-11-23-16-8-7-13(9-15(16)22(27)31)24-19(28)10-18-21(30)25-17-6-4-3-5-14(17)20(29)26-18/h3-9,11-12,18H,10H2,1-2H3,(H,24,28)(H,25,30)(H,26,29). The Labute approximate surface area is 177 Å². The lowest BCUT2D eigenvalue weighted by atomic mass is 10.1. The zero-order valence-electron chi connectivity index (χ0n) is 17.0. The summed E-state index contributed by atoms with van der Waals surface area (Å²) >= 11 is 0. The maximum absolute atomic E-state index is 12.7. The first-order valence-corrected chi connectivity index (χ1v) is 9.85. The van der Waals surface area contributed by atoms with Crippen molar-refractivity contribution in [1.82, 2.24) is 14.9 Å². The van der Waals surface area contributed by atoms with Gasteiger partial charge in [-0.05, 0) is 44.2 Å². The predicted molar refractivity (Wildman–Crippen MR) is 116 cm³/mol. The Hall–Kier alpha value is -4.01. The van der Waals surface area contributed by atoms with Crippen LogP contribution in [-0.4, -0.2) is 33.3 Å². The average molecular weight is 419 g/mol. The first-order chi connectivity index (χ1) is 14.8. The van der Waals surface area contributed by atoms with Crippen LogP contribution in [0.15, 0.2) is 53.6 Å². The highest BCUT2D eigenvalue weighted by Crippen LogP contribution is 2.20. The Balaban J connectivity index is 1.52. The molecule has 0 spiro atoms. The number of amides is 3. The second kappa shape index (κ2) is 8.02. The van der Waals surface area contributed by atoms with E-state index in [0.717, 1.165) is 0 Å². The predicted octanol–water partition coefficient (Wildman–Crippen LogP) is 2.06. The van der Waals surface area contributed by atoms with Gasteiger partial charge < -0.3 is 16.0 Å².